The number of hydroxylamine groups is 1. The Kier molecular flexibility index (Phi) is 1.49. The van der Waals surface area contributed by atoms with Gasteiger partial charge in [0.2, 0.25) is 0 Å². The summed E-state index contributed by atoms with van der Waals surface area (Å²) in [7, 11) is 0. The summed E-state index contributed by atoms with van der Waals surface area (Å²) >= 11 is 0. The van der Waals surface area contributed by atoms with Crippen LogP contribution in [-0.4, -0.2) is 0 Å². The van der Waals surface area contributed by atoms with E-state index in [9.17, 15) is 0 Å². The number of allylic oxidation sites excluding steroid dienone is 1. The maximum atomic E-state index is 5.20. The number of para-hydroxylation sites is 1. The van der Waals surface area contributed by atoms with E-state index in [1.54, 1.807) is 0 Å². The highest BCUT2D eigenvalue weighted by Crippen LogP contribution is 2.22. The summed E-state index contributed by atoms with van der Waals surface area (Å²) in [5, 5.41) is 0. The molecule has 0 saturated heterocycles. The van der Waals surface area contributed by atoms with Gasteiger partial charge >= 0.3 is 0 Å². The van der Waals surface area contributed by atoms with E-state index in [2.05, 4.69) is 11.4 Å². The fourth-order valence-electron chi connectivity index (χ4n) is 1.06. The Morgan fingerprint density at radius 2 is 2.17 bits per heavy atom. The number of nitrogens with one attached hydrogen (secondary N) is 1. The van der Waals surface area contributed by atoms with Gasteiger partial charge in [0.05, 0.1) is 0 Å². The summed E-state index contributed by atoms with van der Waals surface area (Å²) in [5.41, 5.74) is 4.30. The summed E-state index contributed by atoms with van der Waals surface area (Å²) in [4.78, 5) is 5.17. The quantitative estimate of drug-likeness (QED) is 0.577. The third-order valence-electron chi connectivity index (χ3n) is 1.65. The molecule has 0 aromatic heterocycles. The summed E-state index contributed by atoms with van der Waals surface area (Å²) in [6.45, 7) is 0. The minimum atomic E-state index is 0.647. The second-order valence-electron chi connectivity index (χ2n) is 2.44. The molecule has 0 saturated carbocycles. The average Bonchev–Trinajstić information content (AvgIpc) is 2.17. The van der Waals surface area contributed by atoms with Crippen molar-refractivity contribution in [2.24, 2.45) is 0 Å². The molecule has 2 rings (SSSR count). The molecule has 1 aromatic carbocycles. The van der Waals surface area contributed by atoms with Gasteiger partial charge in [-0.1, -0.05) is 18.2 Å². The molecule has 0 fully saturated rings. The van der Waals surface area contributed by atoms with Crippen molar-refractivity contribution < 1.29 is 4.84 Å². The van der Waals surface area contributed by atoms with Gasteiger partial charge in [0.1, 0.15) is 5.70 Å². The van der Waals surface area contributed by atoms with Gasteiger partial charge in [0.15, 0.2) is 5.75 Å². The lowest BCUT2D eigenvalue weighted by Crippen LogP contribution is -2.20. The molecular weight excluding hydrogens is 150 g/mol. The van der Waals surface area contributed by atoms with Crippen molar-refractivity contribution in [1.29, 1.82) is 0 Å². The van der Waals surface area contributed by atoms with E-state index >= 15 is 0 Å². The summed E-state index contributed by atoms with van der Waals surface area (Å²) in [6, 6.07) is 7.69. The monoisotopic (exact) mass is 157 g/mol. The summed E-state index contributed by atoms with van der Waals surface area (Å²) < 4.78 is 0. The Labute approximate surface area is 70.8 Å². The predicted octanol–water partition coefficient (Wildman–Crippen LogP) is 1.56. The molecule has 1 aliphatic heterocycles. The van der Waals surface area contributed by atoms with Gasteiger partial charge in [-0.15, -0.1) is 6.42 Å². The SMILES string of the molecule is C#CC1=Cc2ccccc2ON1. The van der Waals surface area contributed by atoms with E-state index in [0.29, 0.717) is 5.70 Å². The third-order valence-corrected chi connectivity index (χ3v) is 1.65. The highest BCUT2D eigenvalue weighted by atomic mass is 16.6. The van der Waals surface area contributed by atoms with Gasteiger partial charge in [-0.05, 0) is 18.1 Å². The zero-order valence-electron chi connectivity index (χ0n) is 6.37. The molecule has 0 atom stereocenters. The summed E-state index contributed by atoms with van der Waals surface area (Å²) in [5.74, 6) is 3.27. The van der Waals surface area contributed by atoms with Gasteiger partial charge < -0.3 is 4.84 Å². The van der Waals surface area contributed by atoms with E-state index in [0.717, 1.165) is 11.3 Å². The molecule has 2 heteroatoms. The largest absolute Gasteiger partial charge is 0.381 e. The van der Waals surface area contributed by atoms with Crippen LogP contribution in [0.4, 0.5) is 0 Å². The van der Waals surface area contributed by atoms with Crippen LogP contribution in [0, 0.1) is 12.3 Å². The predicted molar refractivity (Wildman–Crippen MR) is 47.0 cm³/mol. The van der Waals surface area contributed by atoms with Gasteiger partial charge in [-0.3, -0.25) is 0 Å². The van der Waals surface area contributed by atoms with Crippen molar-refractivity contribution in [2.75, 3.05) is 0 Å². The van der Waals surface area contributed by atoms with Crippen molar-refractivity contribution in [3.8, 4) is 18.1 Å². The molecular formula is C10H7NO. The van der Waals surface area contributed by atoms with Crippen molar-refractivity contribution >= 4 is 6.08 Å². The normalized spacial score (nSPS) is 13.1. The Morgan fingerprint density at radius 3 is 3.00 bits per heavy atom. The van der Waals surface area contributed by atoms with E-state index in [4.69, 9.17) is 11.3 Å². The highest BCUT2D eigenvalue weighted by Gasteiger charge is 2.07. The van der Waals surface area contributed by atoms with Gasteiger partial charge in [-0.2, -0.15) is 0 Å². The minimum Gasteiger partial charge on any atom is -0.381 e. The number of hydrogen-bond acceptors (Lipinski definition) is 2. The molecule has 2 nitrogen and oxygen atoms in total. The number of fused-ring (bicyclic) bond motifs is 1. The molecule has 12 heavy (non-hydrogen) atoms. The van der Waals surface area contributed by atoms with Crippen LogP contribution in [0.3, 0.4) is 0 Å². The maximum Gasteiger partial charge on any atom is 0.162 e. The summed E-state index contributed by atoms with van der Waals surface area (Å²) in [6.07, 6.45) is 7.07. The zero-order chi connectivity index (χ0) is 8.39. The van der Waals surface area contributed by atoms with Crippen LogP contribution in [0.25, 0.3) is 6.08 Å². The molecule has 0 amide bonds. The number of rotatable bonds is 0. The van der Waals surface area contributed by atoms with Gasteiger partial charge in [0.25, 0.3) is 0 Å². The van der Waals surface area contributed by atoms with E-state index in [1.807, 2.05) is 30.3 Å². The first-order chi connectivity index (χ1) is 5.90. The fourth-order valence-corrected chi connectivity index (χ4v) is 1.06. The topological polar surface area (TPSA) is 21.3 Å². The first-order valence-corrected chi connectivity index (χ1v) is 3.60. The van der Waals surface area contributed by atoms with Crippen molar-refractivity contribution in [2.45, 2.75) is 0 Å². The Morgan fingerprint density at radius 1 is 1.33 bits per heavy atom. The van der Waals surface area contributed by atoms with Crippen molar-refractivity contribution in [3.05, 3.63) is 35.5 Å². The molecule has 1 aliphatic rings. The fraction of sp³-hybridized carbons (Fsp3) is 0. The smallest absolute Gasteiger partial charge is 0.162 e. The zero-order valence-corrected chi connectivity index (χ0v) is 6.37. The standard InChI is InChI=1S/C10H7NO/c1-2-9-7-8-5-3-4-6-10(8)12-11-9/h1,3-7,11H. The van der Waals surface area contributed by atoms with Crippen LogP contribution in [0.1, 0.15) is 5.56 Å². The van der Waals surface area contributed by atoms with Crippen molar-refractivity contribution in [1.82, 2.24) is 5.48 Å². The first kappa shape index (κ1) is 6.81. The molecule has 0 unspecified atom stereocenters. The van der Waals surface area contributed by atoms with Crippen LogP contribution in [-0.2, 0) is 0 Å². The third kappa shape index (κ3) is 1.02. The van der Waals surface area contributed by atoms with E-state index < -0.39 is 0 Å². The Hall–Kier alpha value is -1.88. The Balaban J connectivity index is 2.49. The van der Waals surface area contributed by atoms with Crippen LogP contribution in [0.2, 0.25) is 0 Å². The molecule has 1 aromatic rings. The second-order valence-corrected chi connectivity index (χ2v) is 2.44. The van der Waals surface area contributed by atoms with Crippen LogP contribution in [0.15, 0.2) is 30.0 Å². The number of benzene rings is 1. The molecule has 0 spiro atoms. The number of terminal acetylenes is 1. The lowest BCUT2D eigenvalue weighted by molar-refractivity contribution is 0.231. The average molecular weight is 157 g/mol. The first-order valence-electron chi connectivity index (χ1n) is 3.60. The minimum absolute atomic E-state index is 0.647. The van der Waals surface area contributed by atoms with Crippen LogP contribution < -0.4 is 10.3 Å². The molecule has 1 heterocycles. The van der Waals surface area contributed by atoms with Crippen LogP contribution in [0.5, 0.6) is 5.75 Å². The molecule has 0 bridgehead atoms. The maximum absolute atomic E-state index is 5.20. The van der Waals surface area contributed by atoms with E-state index in [-0.39, 0.29) is 0 Å². The lowest BCUT2D eigenvalue weighted by Gasteiger charge is -2.14. The van der Waals surface area contributed by atoms with E-state index in [1.165, 1.54) is 0 Å². The van der Waals surface area contributed by atoms with Gasteiger partial charge in [0, 0.05) is 5.56 Å². The molecule has 58 valence electrons. The Bertz CT molecular complexity index is 374. The molecule has 1 N–H and O–H groups in total. The van der Waals surface area contributed by atoms with Gasteiger partial charge in [-0.25, -0.2) is 5.48 Å². The molecule has 0 radical (unpaired) electrons. The van der Waals surface area contributed by atoms with Crippen molar-refractivity contribution in [3.63, 3.8) is 0 Å². The molecule has 0 aliphatic carbocycles. The number of hydrogen-bond donors (Lipinski definition) is 1. The lowest BCUT2D eigenvalue weighted by atomic mass is 10.1. The second kappa shape index (κ2) is 2.63. The van der Waals surface area contributed by atoms with Crippen LogP contribution >= 0.6 is 0 Å². The highest BCUT2D eigenvalue weighted by molar-refractivity contribution is 5.64.